The largest absolute Gasteiger partial charge is 0.377 e. The lowest BCUT2D eigenvalue weighted by Crippen LogP contribution is -2.13. The van der Waals surface area contributed by atoms with Crippen LogP contribution in [-0.2, 0) is 0 Å². The Bertz CT molecular complexity index is 819. The molecule has 0 atom stereocenters. The van der Waals surface area contributed by atoms with Crippen LogP contribution in [0.3, 0.4) is 0 Å². The second-order valence-corrected chi connectivity index (χ2v) is 5.83. The fraction of sp³-hybridized carbons (Fsp3) is 0.235. The molecule has 2 aromatic carbocycles. The molecule has 0 aromatic heterocycles. The van der Waals surface area contributed by atoms with Crippen LogP contribution in [0.4, 0.5) is 21.5 Å². The quantitative estimate of drug-likeness (QED) is 0.644. The average molecular weight is 329 g/mol. The van der Waals surface area contributed by atoms with Crippen LogP contribution in [0.5, 0.6) is 0 Å². The summed E-state index contributed by atoms with van der Waals surface area (Å²) >= 11 is 0. The number of carbonyl (C=O) groups excluding carboxylic acids is 1. The molecule has 1 fully saturated rings. The zero-order valence-corrected chi connectivity index (χ0v) is 13.0. The fourth-order valence-electron chi connectivity index (χ4n) is 2.27. The standard InChI is InChI=1S/C17H16FN3O3/c1-10-2-4-13(9-14(10)18)20-17(22)11-3-7-15(19-12-5-6-12)16(8-11)21(23)24/h2-4,7-9,12,19H,5-6H2,1H3,(H,20,22). The highest BCUT2D eigenvalue weighted by molar-refractivity contribution is 6.05. The van der Waals surface area contributed by atoms with Crippen LogP contribution in [-0.4, -0.2) is 16.9 Å². The number of anilines is 2. The summed E-state index contributed by atoms with van der Waals surface area (Å²) < 4.78 is 13.5. The Morgan fingerprint density at radius 2 is 2.00 bits per heavy atom. The minimum absolute atomic E-state index is 0.143. The average Bonchev–Trinajstić information content (AvgIpc) is 3.35. The number of nitro groups is 1. The first-order chi connectivity index (χ1) is 11.4. The molecular weight excluding hydrogens is 313 g/mol. The van der Waals surface area contributed by atoms with Gasteiger partial charge in [-0.1, -0.05) is 6.07 Å². The number of hydrogen-bond donors (Lipinski definition) is 2. The first-order valence-corrected chi connectivity index (χ1v) is 7.56. The Kier molecular flexibility index (Phi) is 4.16. The van der Waals surface area contributed by atoms with E-state index in [0.29, 0.717) is 16.9 Å². The van der Waals surface area contributed by atoms with Gasteiger partial charge < -0.3 is 10.6 Å². The number of hydrogen-bond acceptors (Lipinski definition) is 4. The predicted molar refractivity (Wildman–Crippen MR) is 88.8 cm³/mol. The van der Waals surface area contributed by atoms with Gasteiger partial charge in [0.25, 0.3) is 11.6 Å². The maximum Gasteiger partial charge on any atom is 0.293 e. The van der Waals surface area contributed by atoms with Gasteiger partial charge in [-0.15, -0.1) is 0 Å². The number of amides is 1. The van der Waals surface area contributed by atoms with Gasteiger partial charge in [-0.3, -0.25) is 14.9 Å². The smallest absolute Gasteiger partial charge is 0.293 e. The van der Waals surface area contributed by atoms with Gasteiger partial charge in [0.2, 0.25) is 0 Å². The van der Waals surface area contributed by atoms with E-state index in [4.69, 9.17) is 0 Å². The molecule has 0 saturated heterocycles. The van der Waals surface area contributed by atoms with Gasteiger partial charge >= 0.3 is 0 Å². The van der Waals surface area contributed by atoms with E-state index in [2.05, 4.69) is 10.6 Å². The molecule has 2 N–H and O–H groups in total. The normalized spacial score (nSPS) is 13.4. The number of halogens is 1. The SMILES string of the molecule is Cc1ccc(NC(=O)c2ccc(NC3CC3)c([N+](=O)[O-])c2)cc1F. The molecule has 6 nitrogen and oxygen atoms in total. The summed E-state index contributed by atoms with van der Waals surface area (Å²) in [7, 11) is 0. The molecule has 1 aliphatic carbocycles. The van der Waals surface area contributed by atoms with Crippen molar-refractivity contribution < 1.29 is 14.1 Å². The number of aryl methyl sites for hydroxylation is 1. The van der Waals surface area contributed by atoms with Gasteiger partial charge in [0.1, 0.15) is 11.5 Å². The number of nitrogens with zero attached hydrogens (tertiary/aromatic N) is 1. The summed E-state index contributed by atoms with van der Waals surface area (Å²) in [5, 5.41) is 16.8. The second kappa shape index (κ2) is 6.27. The van der Waals surface area contributed by atoms with Crippen molar-refractivity contribution in [3.05, 3.63) is 63.5 Å². The Hall–Kier alpha value is -2.96. The zero-order chi connectivity index (χ0) is 17.3. The zero-order valence-electron chi connectivity index (χ0n) is 13.0. The molecule has 1 saturated carbocycles. The molecule has 0 unspecified atom stereocenters. The molecule has 24 heavy (non-hydrogen) atoms. The van der Waals surface area contributed by atoms with Gasteiger partial charge in [0.05, 0.1) is 4.92 Å². The topological polar surface area (TPSA) is 84.3 Å². The minimum atomic E-state index is -0.528. The molecule has 0 bridgehead atoms. The maximum atomic E-state index is 13.5. The van der Waals surface area contributed by atoms with E-state index in [1.54, 1.807) is 19.1 Å². The lowest BCUT2D eigenvalue weighted by atomic mass is 10.1. The Labute approximate surface area is 137 Å². The van der Waals surface area contributed by atoms with Crippen molar-refractivity contribution in [1.82, 2.24) is 0 Å². The van der Waals surface area contributed by atoms with Crippen LogP contribution >= 0.6 is 0 Å². The molecule has 1 aliphatic rings. The molecule has 0 radical (unpaired) electrons. The Balaban J connectivity index is 1.82. The summed E-state index contributed by atoms with van der Waals surface area (Å²) in [4.78, 5) is 23.0. The van der Waals surface area contributed by atoms with E-state index in [1.165, 1.54) is 24.3 Å². The molecule has 2 aromatic rings. The van der Waals surface area contributed by atoms with E-state index in [9.17, 15) is 19.3 Å². The fourth-order valence-corrected chi connectivity index (χ4v) is 2.27. The lowest BCUT2D eigenvalue weighted by Gasteiger charge is -2.09. The van der Waals surface area contributed by atoms with Gasteiger partial charge in [0.15, 0.2) is 0 Å². The van der Waals surface area contributed by atoms with Gasteiger partial charge in [0, 0.05) is 23.4 Å². The van der Waals surface area contributed by atoms with Crippen LogP contribution in [0.25, 0.3) is 0 Å². The van der Waals surface area contributed by atoms with Crippen molar-refractivity contribution in [2.24, 2.45) is 0 Å². The highest BCUT2D eigenvalue weighted by Gasteiger charge is 2.25. The van der Waals surface area contributed by atoms with Crippen LogP contribution in [0.2, 0.25) is 0 Å². The molecule has 0 aliphatic heterocycles. The van der Waals surface area contributed by atoms with Crippen molar-refractivity contribution in [2.45, 2.75) is 25.8 Å². The van der Waals surface area contributed by atoms with Crippen LogP contribution in [0.15, 0.2) is 36.4 Å². The highest BCUT2D eigenvalue weighted by atomic mass is 19.1. The summed E-state index contributed by atoms with van der Waals surface area (Å²) in [5.41, 5.74) is 1.17. The summed E-state index contributed by atoms with van der Waals surface area (Å²) in [6.07, 6.45) is 1.97. The van der Waals surface area contributed by atoms with Crippen LogP contribution in [0.1, 0.15) is 28.8 Å². The van der Waals surface area contributed by atoms with Crippen LogP contribution < -0.4 is 10.6 Å². The molecular formula is C17H16FN3O3. The van der Waals surface area contributed by atoms with E-state index in [-0.39, 0.29) is 17.3 Å². The molecule has 0 heterocycles. The molecule has 124 valence electrons. The van der Waals surface area contributed by atoms with Gasteiger partial charge in [-0.2, -0.15) is 0 Å². The minimum Gasteiger partial charge on any atom is -0.377 e. The Morgan fingerprint density at radius 3 is 2.62 bits per heavy atom. The number of carbonyl (C=O) groups is 1. The highest BCUT2D eigenvalue weighted by Crippen LogP contribution is 2.31. The van der Waals surface area contributed by atoms with Crippen LogP contribution in [0, 0.1) is 22.9 Å². The third-order valence-electron chi connectivity index (χ3n) is 3.82. The summed E-state index contributed by atoms with van der Waals surface area (Å²) in [5.74, 6) is -0.956. The molecule has 0 spiro atoms. The van der Waals surface area contributed by atoms with E-state index in [0.717, 1.165) is 12.8 Å². The summed E-state index contributed by atoms with van der Waals surface area (Å²) in [6, 6.07) is 8.87. The molecule has 7 heteroatoms. The molecule has 1 amide bonds. The van der Waals surface area contributed by atoms with Crippen molar-refractivity contribution in [2.75, 3.05) is 10.6 Å². The predicted octanol–water partition coefficient (Wildman–Crippen LogP) is 3.87. The maximum absolute atomic E-state index is 13.5. The van der Waals surface area contributed by atoms with Gasteiger partial charge in [-0.25, -0.2) is 4.39 Å². The number of rotatable bonds is 5. The van der Waals surface area contributed by atoms with Crippen molar-refractivity contribution >= 4 is 23.0 Å². The van der Waals surface area contributed by atoms with Crippen molar-refractivity contribution in [3.63, 3.8) is 0 Å². The third-order valence-corrected chi connectivity index (χ3v) is 3.82. The number of nitro benzene ring substituents is 1. The first-order valence-electron chi connectivity index (χ1n) is 7.56. The van der Waals surface area contributed by atoms with Crippen molar-refractivity contribution in [1.29, 1.82) is 0 Å². The third kappa shape index (κ3) is 3.51. The summed E-state index contributed by atoms with van der Waals surface area (Å²) in [6.45, 7) is 1.62. The lowest BCUT2D eigenvalue weighted by molar-refractivity contribution is -0.384. The van der Waals surface area contributed by atoms with Crippen molar-refractivity contribution in [3.8, 4) is 0 Å². The van der Waals surface area contributed by atoms with E-state index in [1.807, 2.05) is 0 Å². The number of nitrogens with one attached hydrogen (secondary N) is 2. The monoisotopic (exact) mass is 329 g/mol. The van der Waals surface area contributed by atoms with E-state index >= 15 is 0 Å². The number of benzene rings is 2. The second-order valence-electron chi connectivity index (χ2n) is 5.83. The van der Waals surface area contributed by atoms with E-state index < -0.39 is 16.6 Å². The Morgan fingerprint density at radius 1 is 1.25 bits per heavy atom. The van der Waals surface area contributed by atoms with Gasteiger partial charge in [-0.05, 0) is 49.6 Å². The first kappa shape index (κ1) is 15.9. The molecule has 3 rings (SSSR count).